The van der Waals surface area contributed by atoms with Crippen molar-refractivity contribution in [2.45, 2.75) is 117 Å². The van der Waals surface area contributed by atoms with Crippen molar-refractivity contribution in [1.82, 2.24) is 5.32 Å². The zero-order valence-electron chi connectivity index (χ0n) is 21.5. The Balaban J connectivity index is 2.13. The van der Waals surface area contributed by atoms with Crippen LogP contribution in [0.5, 0.6) is 0 Å². The maximum Gasteiger partial charge on any atom is 0.328 e. The van der Waals surface area contributed by atoms with E-state index < -0.39 is 29.6 Å². The third kappa shape index (κ3) is 13.0. The molecule has 0 saturated carbocycles. The van der Waals surface area contributed by atoms with Crippen molar-refractivity contribution in [1.29, 1.82) is 0 Å². The predicted octanol–water partition coefficient (Wildman–Crippen LogP) is 7.74. The first kappa shape index (κ1) is 30.1. The van der Waals surface area contributed by atoms with Crippen LogP contribution >= 0.6 is 0 Å². The third-order valence-electron chi connectivity index (χ3n) is 6.13. The lowest BCUT2D eigenvalue weighted by Gasteiger charge is -2.21. The Hall–Kier alpha value is -1.98. The number of carbonyl (C=O) groups is 2. The molecule has 1 aromatic carbocycles. The number of hydrogen-bond acceptors (Lipinski definition) is 3. The molecule has 0 aromatic heterocycles. The second kappa shape index (κ2) is 18.4. The first-order valence-electron chi connectivity index (χ1n) is 13.3. The highest BCUT2D eigenvalue weighted by molar-refractivity contribution is 5.97. The van der Waals surface area contributed by atoms with Crippen LogP contribution in [0.4, 0.5) is 8.78 Å². The zero-order chi connectivity index (χ0) is 25.2. The standard InChI is InChI=1S/C28H45F2NO3/c1-4-5-6-7-8-9-10-11-12-13-14-15-16-17-20-34-28(33)26(22(2)3)31-27(32)24-19-18-23(29)21-25(24)30/h18-19,21-22,26H,4-17,20H2,1-3H3,(H,31,32). The molecule has 1 amide bonds. The molecule has 0 saturated heterocycles. The molecule has 0 heterocycles. The highest BCUT2D eigenvalue weighted by atomic mass is 19.1. The summed E-state index contributed by atoms with van der Waals surface area (Å²) in [6.45, 7) is 6.11. The van der Waals surface area contributed by atoms with Crippen LogP contribution in [0.3, 0.4) is 0 Å². The Bertz CT molecular complexity index is 709. The molecule has 0 aliphatic carbocycles. The van der Waals surface area contributed by atoms with Crippen LogP contribution in [0.25, 0.3) is 0 Å². The predicted molar refractivity (Wildman–Crippen MR) is 134 cm³/mol. The molecule has 0 aliphatic heterocycles. The number of carbonyl (C=O) groups excluding carboxylic acids is 2. The first-order chi connectivity index (χ1) is 16.4. The number of ether oxygens (including phenoxy) is 1. The van der Waals surface area contributed by atoms with Gasteiger partial charge in [-0.2, -0.15) is 0 Å². The van der Waals surface area contributed by atoms with Crippen molar-refractivity contribution in [2.75, 3.05) is 6.61 Å². The van der Waals surface area contributed by atoms with Gasteiger partial charge in [0.15, 0.2) is 0 Å². The van der Waals surface area contributed by atoms with Gasteiger partial charge in [0.2, 0.25) is 0 Å². The molecule has 6 heteroatoms. The molecule has 1 rings (SSSR count). The van der Waals surface area contributed by atoms with E-state index in [1.54, 1.807) is 13.8 Å². The Labute approximate surface area is 205 Å². The smallest absolute Gasteiger partial charge is 0.328 e. The monoisotopic (exact) mass is 481 g/mol. The van der Waals surface area contributed by atoms with E-state index in [1.807, 2.05) is 0 Å². The minimum Gasteiger partial charge on any atom is -0.464 e. The van der Waals surface area contributed by atoms with Gasteiger partial charge in [0.25, 0.3) is 5.91 Å². The average molecular weight is 482 g/mol. The second-order valence-corrected chi connectivity index (χ2v) is 9.58. The number of rotatable bonds is 19. The van der Waals surface area contributed by atoms with Gasteiger partial charge in [-0.25, -0.2) is 13.6 Å². The highest BCUT2D eigenvalue weighted by Gasteiger charge is 2.27. The van der Waals surface area contributed by atoms with Crippen LogP contribution in [0.1, 0.15) is 121 Å². The quantitative estimate of drug-likeness (QED) is 0.162. The van der Waals surface area contributed by atoms with Crippen molar-refractivity contribution >= 4 is 11.9 Å². The van der Waals surface area contributed by atoms with Gasteiger partial charge in [-0.05, 0) is 24.5 Å². The normalized spacial score (nSPS) is 12.1. The molecule has 0 spiro atoms. The van der Waals surface area contributed by atoms with E-state index in [-0.39, 0.29) is 11.5 Å². The number of unbranched alkanes of at least 4 members (excludes halogenated alkanes) is 13. The van der Waals surface area contributed by atoms with Crippen LogP contribution in [0, 0.1) is 17.6 Å². The van der Waals surface area contributed by atoms with Gasteiger partial charge in [-0.15, -0.1) is 0 Å². The molecule has 194 valence electrons. The van der Waals surface area contributed by atoms with E-state index in [2.05, 4.69) is 12.2 Å². The Morgan fingerprint density at radius 3 is 1.79 bits per heavy atom. The minimum atomic E-state index is -0.962. The summed E-state index contributed by atoms with van der Waals surface area (Å²) < 4.78 is 32.3. The van der Waals surface area contributed by atoms with Crippen molar-refractivity contribution in [3.63, 3.8) is 0 Å². The first-order valence-corrected chi connectivity index (χ1v) is 13.3. The molecule has 1 N–H and O–H groups in total. The van der Waals surface area contributed by atoms with E-state index in [9.17, 15) is 18.4 Å². The molecule has 0 fully saturated rings. The van der Waals surface area contributed by atoms with Crippen molar-refractivity contribution in [3.8, 4) is 0 Å². The van der Waals surface area contributed by atoms with Crippen molar-refractivity contribution in [3.05, 3.63) is 35.4 Å². The lowest BCUT2D eigenvalue weighted by atomic mass is 10.0. The Morgan fingerprint density at radius 1 is 0.824 bits per heavy atom. The van der Waals surface area contributed by atoms with Crippen LogP contribution in [-0.4, -0.2) is 24.5 Å². The number of benzene rings is 1. The molecule has 1 atom stereocenters. The van der Waals surface area contributed by atoms with Gasteiger partial charge < -0.3 is 10.1 Å². The summed E-state index contributed by atoms with van der Waals surface area (Å²) in [6, 6.07) is 1.84. The second-order valence-electron chi connectivity index (χ2n) is 9.58. The summed E-state index contributed by atoms with van der Waals surface area (Å²) >= 11 is 0. The number of halogens is 2. The molecule has 1 unspecified atom stereocenters. The highest BCUT2D eigenvalue weighted by Crippen LogP contribution is 2.14. The molecule has 0 bridgehead atoms. The topological polar surface area (TPSA) is 55.4 Å². The van der Waals surface area contributed by atoms with Crippen LogP contribution in [0.2, 0.25) is 0 Å². The zero-order valence-corrected chi connectivity index (χ0v) is 21.5. The van der Waals surface area contributed by atoms with E-state index in [1.165, 1.54) is 70.6 Å². The van der Waals surface area contributed by atoms with Crippen molar-refractivity contribution < 1.29 is 23.1 Å². The summed E-state index contributed by atoms with van der Waals surface area (Å²) in [6.07, 6.45) is 17.6. The fourth-order valence-electron chi connectivity index (χ4n) is 3.95. The fourth-order valence-corrected chi connectivity index (χ4v) is 3.95. The van der Waals surface area contributed by atoms with E-state index >= 15 is 0 Å². The molecule has 4 nitrogen and oxygen atoms in total. The van der Waals surface area contributed by atoms with Gasteiger partial charge in [0.1, 0.15) is 17.7 Å². The Morgan fingerprint density at radius 2 is 1.32 bits per heavy atom. The number of hydrogen-bond donors (Lipinski definition) is 1. The summed E-state index contributed by atoms with van der Waals surface area (Å²) in [5.74, 6) is -3.24. The van der Waals surface area contributed by atoms with Crippen molar-refractivity contribution in [2.24, 2.45) is 5.92 Å². The van der Waals surface area contributed by atoms with Gasteiger partial charge in [0, 0.05) is 6.07 Å². The molecule has 1 aromatic rings. The maximum absolute atomic E-state index is 13.8. The lowest BCUT2D eigenvalue weighted by Crippen LogP contribution is -2.45. The van der Waals surface area contributed by atoms with Gasteiger partial charge in [-0.1, -0.05) is 104 Å². The van der Waals surface area contributed by atoms with E-state index in [0.29, 0.717) is 12.7 Å². The van der Waals surface area contributed by atoms with Crippen LogP contribution in [-0.2, 0) is 9.53 Å². The van der Waals surface area contributed by atoms with Gasteiger partial charge in [-0.3, -0.25) is 4.79 Å². The molecule has 0 radical (unpaired) electrons. The Kier molecular flexibility index (Phi) is 16.2. The van der Waals surface area contributed by atoms with E-state index in [0.717, 1.165) is 31.4 Å². The fraction of sp³-hybridized carbons (Fsp3) is 0.714. The number of amides is 1. The average Bonchev–Trinajstić information content (AvgIpc) is 2.79. The summed E-state index contributed by atoms with van der Waals surface area (Å²) in [5.41, 5.74) is -0.299. The van der Waals surface area contributed by atoms with Crippen LogP contribution in [0.15, 0.2) is 18.2 Å². The molecule has 34 heavy (non-hydrogen) atoms. The summed E-state index contributed by atoms with van der Waals surface area (Å²) in [5, 5.41) is 2.52. The molecular formula is C28H45F2NO3. The number of esters is 1. The van der Waals surface area contributed by atoms with Crippen LogP contribution < -0.4 is 5.32 Å². The third-order valence-corrected chi connectivity index (χ3v) is 6.13. The molecule has 0 aliphatic rings. The molecular weight excluding hydrogens is 436 g/mol. The number of nitrogens with one attached hydrogen (secondary N) is 1. The minimum absolute atomic E-state index is 0.226. The maximum atomic E-state index is 13.8. The van der Waals surface area contributed by atoms with Gasteiger partial charge >= 0.3 is 5.97 Å². The SMILES string of the molecule is CCCCCCCCCCCCCCCCOC(=O)C(NC(=O)c1ccc(F)cc1F)C(C)C. The van der Waals surface area contributed by atoms with Gasteiger partial charge in [0.05, 0.1) is 12.2 Å². The summed E-state index contributed by atoms with van der Waals surface area (Å²) in [7, 11) is 0. The summed E-state index contributed by atoms with van der Waals surface area (Å²) in [4.78, 5) is 24.8. The largest absolute Gasteiger partial charge is 0.464 e. The lowest BCUT2D eigenvalue weighted by molar-refractivity contribution is -0.147. The van der Waals surface area contributed by atoms with E-state index in [4.69, 9.17) is 4.74 Å².